The molecule has 0 aliphatic carbocycles. The number of nitrogens with zero attached hydrogens (tertiary/aromatic N) is 1. The molecule has 2 rings (SSSR count). The van der Waals surface area contributed by atoms with E-state index in [2.05, 4.69) is 18.7 Å². The number of ether oxygens (including phenoxy) is 2. The summed E-state index contributed by atoms with van der Waals surface area (Å²) in [5, 5.41) is 10.4. The highest BCUT2D eigenvalue weighted by Gasteiger charge is 2.17. The average Bonchev–Trinajstić information content (AvgIpc) is 2.70. The standard InChI is InChI=1S/C16H25NO3/c1-4-12(2)17(3)11-14(18)13-6-7-15-16(10-13)20-9-5-8-19-15/h6-7,10,12,14,18H,4-5,8-9,11H2,1-3H3. The summed E-state index contributed by atoms with van der Waals surface area (Å²) in [5.74, 6) is 1.51. The van der Waals surface area contributed by atoms with Crippen molar-refractivity contribution >= 4 is 0 Å². The van der Waals surface area contributed by atoms with Crippen LogP contribution >= 0.6 is 0 Å². The molecule has 2 unspecified atom stereocenters. The Morgan fingerprint density at radius 2 is 1.95 bits per heavy atom. The molecule has 0 saturated carbocycles. The number of hydrogen-bond acceptors (Lipinski definition) is 4. The lowest BCUT2D eigenvalue weighted by atomic mass is 10.1. The van der Waals surface area contributed by atoms with Crippen molar-refractivity contribution in [3.05, 3.63) is 23.8 Å². The number of hydrogen-bond donors (Lipinski definition) is 1. The molecule has 20 heavy (non-hydrogen) atoms. The van der Waals surface area contributed by atoms with Gasteiger partial charge in [0.1, 0.15) is 0 Å². The lowest BCUT2D eigenvalue weighted by Gasteiger charge is -2.26. The first-order chi connectivity index (χ1) is 9.61. The first-order valence-corrected chi connectivity index (χ1v) is 7.39. The molecule has 0 bridgehead atoms. The molecule has 0 fully saturated rings. The Morgan fingerprint density at radius 3 is 2.65 bits per heavy atom. The van der Waals surface area contributed by atoms with Crippen molar-refractivity contribution in [3.63, 3.8) is 0 Å². The second kappa shape index (κ2) is 6.95. The summed E-state index contributed by atoms with van der Waals surface area (Å²) in [6.45, 7) is 6.29. The summed E-state index contributed by atoms with van der Waals surface area (Å²) in [6.07, 6.45) is 1.46. The normalized spacial score (nSPS) is 17.6. The number of aliphatic hydroxyl groups is 1. The van der Waals surface area contributed by atoms with Gasteiger partial charge in [0.25, 0.3) is 0 Å². The third kappa shape index (κ3) is 3.64. The predicted octanol–water partition coefficient (Wildman–Crippen LogP) is 2.61. The molecule has 0 saturated heterocycles. The van der Waals surface area contributed by atoms with Crippen LogP contribution in [0.1, 0.15) is 38.4 Å². The van der Waals surface area contributed by atoms with E-state index in [4.69, 9.17) is 9.47 Å². The number of fused-ring (bicyclic) bond motifs is 1. The Labute approximate surface area is 121 Å². The van der Waals surface area contributed by atoms with Gasteiger partial charge in [-0.3, -0.25) is 0 Å². The largest absolute Gasteiger partial charge is 0.490 e. The zero-order chi connectivity index (χ0) is 14.5. The lowest BCUT2D eigenvalue weighted by Crippen LogP contribution is -2.32. The van der Waals surface area contributed by atoms with Gasteiger partial charge in [-0.15, -0.1) is 0 Å². The minimum absolute atomic E-state index is 0.463. The molecular formula is C16H25NO3. The van der Waals surface area contributed by atoms with Crippen molar-refractivity contribution in [1.29, 1.82) is 0 Å². The minimum Gasteiger partial charge on any atom is -0.490 e. The van der Waals surface area contributed by atoms with Crippen molar-refractivity contribution in [3.8, 4) is 11.5 Å². The van der Waals surface area contributed by atoms with E-state index in [-0.39, 0.29) is 0 Å². The monoisotopic (exact) mass is 279 g/mol. The fourth-order valence-electron chi connectivity index (χ4n) is 2.26. The van der Waals surface area contributed by atoms with Crippen LogP contribution in [0.15, 0.2) is 18.2 Å². The molecule has 0 aromatic heterocycles. The Morgan fingerprint density at radius 1 is 1.25 bits per heavy atom. The predicted molar refractivity (Wildman–Crippen MR) is 79.4 cm³/mol. The highest BCUT2D eigenvalue weighted by Crippen LogP contribution is 2.32. The third-order valence-corrected chi connectivity index (χ3v) is 3.96. The maximum Gasteiger partial charge on any atom is 0.161 e. The van der Waals surface area contributed by atoms with E-state index in [9.17, 15) is 5.11 Å². The van der Waals surface area contributed by atoms with Crippen molar-refractivity contribution < 1.29 is 14.6 Å². The third-order valence-electron chi connectivity index (χ3n) is 3.96. The van der Waals surface area contributed by atoms with Crippen molar-refractivity contribution in [2.24, 2.45) is 0 Å². The quantitative estimate of drug-likeness (QED) is 0.899. The number of likely N-dealkylation sites (N-methyl/N-ethyl adjacent to an activating group) is 1. The molecule has 2 atom stereocenters. The molecule has 0 amide bonds. The van der Waals surface area contributed by atoms with Gasteiger partial charge in [-0.25, -0.2) is 0 Å². The van der Waals surface area contributed by atoms with E-state index in [1.54, 1.807) is 0 Å². The van der Waals surface area contributed by atoms with Crippen LogP contribution < -0.4 is 9.47 Å². The van der Waals surface area contributed by atoms with Crippen LogP contribution in [0.25, 0.3) is 0 Å². The van der Waals surface area contributed by atoms with Crippen molar-refractivity contribution in [1.82, 2.24) is 4.90 Å². The molecular weight excluding hydrogens is 254 g/mol. The highest BCUT2D eigenvalue weighted by atomic mass is 16.5. The van der Waals surface area contributed by atoms with Crippen molar-refractivity contribution in [2.45, 2.75) is 38.8 Å². The summed E-state index contributed by atoms with van der Waals surface area (Å²) in [5.41, 5.74) is 0.879. The average molecular weight is 279 g/mol. The van der Waals surface area contributed by atoms with Gasteiger partial charge >= 0.3 is 0 Å². The summed E-state index contributed by atoms with van der Waals surface area (Å²) in [6, 6.07) is 6.17. The van der Waals surface area contributed by atoms with Gasteiger partial charge in [0.15, 0.2) is 11.5 Å². The molecule has 112 valence electrons. The van der Waals surface area contributed by atoms with Gasteiger partial charge < -0.3 is 19.5 Å². The number of rotatable bonds is 5. The van der Waals surface area contributed by atoms with Crippen LogP contribution in [-0.2, 0) is 0 Å². The van der Waals surface area contributed by atoms with E-state index in [1.807, 2.05) is 25.2 Å². The Balaban J connectivity index is 2.06. The van der Waals surface area contributed by atoms with Gasteiger partial charge in [-0.05, 0) is 38.1 Å². The second-order valence-electron chi connectivity index (χ2n) is 5.47. The van der Waals surface area contributed by atoms with Gasteiger partial charge in [-0.1, -0.05) is 13.0 Å². The molecule has 1 aromatic carbocycles. The molecule has 1 aliphatic heterocycles. The lowest BCUT2D eigenvalue weighted by molar-refractivity contribution is 0.107. The first kappa shape index (κ1) is 15.1. The van der Waals surface area contributed by atoms with Crippen molar-refractivity contribution in [2.75, 3.05) is 26.8 Å². The SMILES string of the molecule is CCC(C)N(C)CC(O)c1ccc2c(c1)OCCCO2. The summed E-state index contributed by atoms with van der Waals surface area (Å²) in [4.78, 5) is 2.17. The second-order valence-corrected chi connectivity index (χ2v) is 5.47. The van der Waals surface area contributed by atoms with Crippen LogP contribution in [0.4, 0.5) is 0 Å². The summed E-state index contributed by atoms with van der Waals surface area (Å²) in [7, 11) is 2.04. The van der Waals surface area contributed by atoms with E-state index >= 15 is 0 Å². The molecule has 4 heteroatoms. The number of benzene rings is 1. The number of aliphatic hydroxyl groups excluding tert-OH is 1. The van der Waals surface area contributed by atoms with Gasteiger partial charge in [0.2, 0.25) is 0 Å². The van der Waals surface area contributed by atoms with Crippen LogP contribution in [0, 0.1) is 0 Å². The summed E-state index contributed by atoms with van der Waals surface area (Å²) < 4.78 is 11.3. The summed E-state index contributed by atoms with van der Waals surface area (Å²) >= 11 is 0. The fraction of sp³-hybridized carbons (Fsp3) is 0.625. The van der Waals surface area contributed by atoms with Gasteiger partial charge in [-0.2, -0.15) is 0 Å². The van der Waals surface area contributed by atoms with E-state index in [1.165, 1.54) is 0 Å². The van der Waals surface area contributed by atoms with Gasteiger partial charge in [0, 0.05) is 19.0 Å². The topological polar surface area (TPSA) is 41.9 Å². The molecule has 1 N–H and O–H groups in total. The van der Waals surface area contributed by atoms with Crippen LogP contribution in [0.2, 0.25) is 0 Å². The maximum absolute atomic E-state index is 10.4. The zero-order valence-corrected chi connectivity index (χ0v) is 12.6. The fourth-order valence-corrected chi connectivity index (χ4v) is 2.26. The maximum atomic E-state index is 10.4. The highest BCUT2D eigenvalue weighted by molar-refractivity contribution is 5.44. The molecule has 1 aromatic rings. The zero-order valence-electron chi connectivity index (χ0n) is 12.6. The Bertz CT molecular complexity index is 436. The van der Waals surface area contributed by atoms with E-state index in [0.29, 0.717) is 25.8 Å². The molecule has 4 nitrogen and oxygen atoms in total. The van der Waals surface area contributed by atoms with Crippen LogP contribution in [-0.4, -0.2) is 42.9 Å². The van der Waals surface area contributed by atoms with Crippen LogP contribution in [0.5, 0.6) is 11.5 Å². The van der Waals surface area contributed by atoms with E-state index < -0.39 is 6.10 Å². The molecule has 1 heterocycles. The molecule has 0 radical (unpaired) electrons. The minimum atomic E-state index is -0.508. The van der Waals surface area contributed by atoms with Crippen LogP contribution in [0.3, 0.4) is 0 Å². The smallest absolute Gasteiger partial charge is 0.161 e. The molecule has 0 spiro atoms. The first-order valence-electron chi connectivity index (χ1n) is 7.39. The van der Waals surface area contributed by atoms with E-state index in [0.717, 1.165) is 29.9 Å². The Hall–Kier alpha value is -1.26. The Kier molecular flexibility index (Phi) is 5.26. The van der Waals surface area contributed by atoms with Gasteiger partial charge in [0.05, 0.1) is 19.3 Å². The molecule has 1 aliphatic rings.